The van der Waals surface area contributed by atoms with Crippen LogP contribution in [0.1, 0.15) is 56.5 Å². The Labute approximate surface area is 200 Å². The highest BCUT2D eigenvalue weighted by Crippen LogP contribution is 2.27. The van der Waals surface area contributed by atoms with E-state index in [2.05, 4.69) is 71.9 Å². The summed E-state index contributed by atoms with van der Waals surface area (Å²) < 4.78 is 12.4. The van der Waals surface area contributed by atoms with Crippen LogP contribution in [0.2, 0.25) is 0 Å². The lowest BCUT2D eigenvalue weighted by molar-refractivity contribution is -0.113. The largest absolute Gasteiger partial charge is 0.484 e. The maximum Gasteiger partial charge on any atom is 0.277 e. The number of aromatic nitrogens is 2. The molecule has 1 aromatic heterocycles. The number of hydrogen-bond donors (Lipinski definition) is 1. The molecule has 0 unspecified atom stereocenters. The Morgan fingerprint density at radius 2 is 1.84 bits per heavy atom. The number of amides is 1. The fourth-order valence-corrected chi connectivity index (χ4v) is 3.98. The lowest BCUT2D eigenvalue weighted by atomic mass is 10.0. The summed E-state index contributed by atoms with van der Waals surface area (Å²) in [6, 6.07) is 14.0. The Kier molecular flexibility index (Phi) is 8.36. The summed E-state index contributed by atoms with van der Waals surface area (Å²) in [7, 11) is 0. The van der Waals surface area contributed by atoms with Gasteiger partial charge in [-0.1, -0.05) is 51.6 Å². The molecule has 0 spiro atoms. The highest BCUT2D eigenvalue weighted by molar-refractivity contribution is 14.1. The normalized spacial score (nSPS) is 11.2. The molecule has 6 nitrogen and oxygen atoms in total. The molecular formula is C23H26IN3O3S. The predicted molar refractivity (Wildman–Crippen MR) is 132 cm³/mol. The molecule has 0 atom stereocenters. The number of anilines is 1. The quantitative estimate of drug-likeness (QED) is 0.251. The fourth-order valence-electron chi connectivity index (χ4n) is 2.89. The number of nitrogens with zero attached hydrogens (tertiary/aromatic N) is 2. The first-order valence-electron chi connectivity index (χ1n) is 10.1. The van der Waals surface area contributed by atoms with Crippen molar-refractivity contribution in [2.45, 2.75) is 51.4 Å². The van der Waals surface area contributed by atoms with E-state index in [9.17, 15) is 4.79 Å². The number of carbonyl (C=O) groups is 1. The van der Waals surface area contributed by atoms with Crippen LogP contribution in [0.5, 0.6) is 5.75 Å². The minimum atomic E-state index is -0.116. The van der Waals surface area contributed by atoms with Crippen molar-refractivity contribution in [3.05, 3.63) is 63.1 Å². The fraction of sp³-hybridized carbons (Fsp3) is 0.348. The van der Waals surface area contributed by atoms with Crippen molar-refractivity contribution >= 4 is 45.9 Å². The Morgan fingerprint density at radius 1 is 1.10 bits per heavy atom. The van der Waals surface area contributed by atoms with Gasteiger partial charge >= 0.3 is 0 Å². The van der Waals surface area contributed by atoms with Crippen molar-refractivity contribution in [1.29, 1.82) is 0 Å². The van der Waals surface area contributed by atoms with Crippen molar-refractivity contribution < 1.29 is 13.9 Å². The van der Waals surface area contributed by atoms with Crippen LogP contribution >= 0.6 is 34.4 Å². The zero-order valence-corrected chi connectivity index (χ0v) is 21.0. The van der Waals surface area contributed by atoms with Crippen molar-refractivity contribution in [2.75, 3.05) is 11.1 Å². The second-order valence-electron chi connectivity index (χ2n) is 7.70. The third-order valence-corrected chi connectivity index (χ3v) is 6.08. The summed E-state index contributed by atoms with van der Waals surface area (Å²) in [6.07, 6.45) is 0. The summed E-state index contributed by atoms with van der Waals surface area (Å²) in [5, 5.41) is 11.3. The van der Waals surface area contributed by atoms with E-state index in [0.29, 0.717) is 22.9 Å². The molecule has 2 aromatic carbocycles. The summed E-state index contributed by atoms with van der Waals surface area (Å²) in [5.41, 5.74) is 3.21. The van der Waals surface area contributed by atoms with Gasteiger partial charge in [-0.2, -0.15) is 0 Å². The van der Waals surface area contributed by atoms with Crippen molar-refractivity contribution in [3.8, 4) is 5.75 Å². The Bertz CT molecular complexity index is 1020. The van der Waals surface area contributed by atoms with Crippen molar-refractivity contribution in [2.24, 2.45) is 0 Å². The van der Waals surface area contributed by atoms with Crippen LogP contribution in [0, 0.1) is 3.57 Å². The van der Waals surface area contributed by atoms with Crippen LogP contribution in [0.3, 0.4) is 0 Å². The number of carbonyl (C=O) groups excluding carboxylic acids is 1. The van der Waals surface area contributed by atoms with Crippen LogP contribution in [0.15, 0.2) is 52.1 Å². The number of thioether (sulfide) groups is 1. The second-order valence-corrected chi connectivity index (χ2v) is 9.87. The molecule has 0 aliphatic carbocycles. The van der Waals surface area contributed by atoms with Crippen LogP contribution in [0.25, 0.3) is 0 Å². The van der Waals surface area contributed by atoms with E-state index in [1.54, 1.807) is 0 Å². The number of hydrogen-bond acceptors (Lipinski definition) is 6. The summed E-state index contributed by atoms with van der Waals surface area (Å²) in [6.45, 7) is 8.70. The summed E-state index contributed by atoms with van der Waals surface area (Å²) >= 11 is 3.48. The number of ether oxygens (including phenoxy) is 1. The molecule has 0 bridgehead atoms. The predicted octanol–water partition coefficient (Wildman–Crippen LogP) is 6.23. The molecule has 0 aliphatic heterocycles. The van der Waals surface area contributed by atoms with E-state index in [1.807, 2.05) is 36.4 Å². The van der Waals surface area contributed by atoms with E-state index < -0.39 is 0 Å². The number of benzene rings is 2. The average molecular weight is 551 g/mol. The van der Waals surface area contributed by atoms with E-state index in [-0.39, 0.29) is 18.3 Å². The van der Waals surface area contributed by atoms with Crippen LogP contribution in [-0.2, 0) is 11.4 Å². The minimum Gasteiger partial charge on any atom is -0.484 e. The van der Waals surface area contributed by atoms with Gasteiger partial charge in [0.1, 0.15) is 5.75 Å². The topological polar surface area (TPSA) is 77.2 Å². The van der Waals surface area contributed by atoms with Gasteiger partial charge in [0, 0.05) is 9.26 Å². The molecule has 0 saturated heterocycles. The lowest BCUT2D eigenvalue weighted by Crippen LogP contribution is -2.15. The molecule has 8 heteroatoms. The molecule has 164 valence electrons. The second kappa shape index (κ2) is 11.0. The Morgan fingerprint density at radius 3 is 2.52 bits per heavy atom. The van der Waals surface area contributed by atoms with Crippen LogP contribution < -0.4 is 10.1 Å². The number of nitrogens with one attached hydrogen (secondary N) is 1. The molecule has 1 N–H and O–H groups in total. The monoisotopic (exact) mass is 551 g/mol. The van der Waals surface area contributed by atoms with Crippen molar-refractivity contribution in [1.82, 2.24) is 10.2 Å². The van der Waals surface area contributed by atoms with E-state index >= 15 is 0 Å². The standard InChI is InChI=1S/C23H26IN3O3S/c1-14(2)16-5-8-18(9-6-16)29-12-22-26-27-23(30-22)31-13-21(28)25-20-10-7-17(24)11-19(20)15(3)4/h5-11,14-15H,12-13H2,1-4H3,(H,25,28). The molecule has 31 heavy (non-hydrogen) atoms. The summed E-state index contributed by atoms with van der Waals surface area (Å²) in [5.74, 6) is 1.98. The first-order valence-corrected chi connectivity index (χ1v) is 12.2. The Hall–Kier alpha value is -2.07. The highest BCUT2D eigenvalue weighted by Gasteiger charge is 2.13. The maximum atomic E-state index is 12.4. The van der Waals surface area contributed by atoms with Gasteiger partial charge < -0.3 is 14.5 Å². The van der Waals surface area contributed by atoms with E-state index in [0.717, 1.165) is 20.6 Å². The van der Waals surface area contributed by atoms with Gasteiger partial charge in [-0.15, -0.1) is 10.2 Å². The lowest BCUT2D eigenvalue weighted by Gasteiger charge is -2.14. The average Bonchev–Trinajstić information content (AvgIpc) is 3.20. The third kappa shape index (κ3) is 6.96. The zero-order valence-electron chi connectivity index (χ0n) is 18.0. The van der Waals surface area contributed by atoms with Gasteiger partial charge in [-0.25, -0.2) is 0 Å². The van der Waals surface area contributed by atoms with Gasteiger partial charge in [0.2, 0.25) is 5.91 Å². The molecule has 0 fully saturated rings. The van der Waals surface area contributed by atoms with Gasteiger partial charge in [0.25, 0.3) is 11.1 Å². The summed E-state index contributed by atoms with van der Waals surface area (Å²) in [4.78, 5) is 12.4. The minimum absolute atomic E-state index is 0.116. The maximum absolute atomic E-state index is 12.4. The van der Waals surface area contributed by atoms with E-state index in [4.69, 9.17) is 9.15 Å². The molecule has 1 heterocycles. The van der Waals surface area contributed by atoms with Gasteiger partial charge in [-0.05, 0) is 75.9 Å². The molecule has 1 amide bonds. The van der Waals surface area contributed by atoms with Gasteiger partial charge in [0.05, 0.1) is 5.75 Å². The first kappa shape index (κ1) is 23.6. The molecule has 0 radical (unpaired) electrons. The molecule has 3 rings (SSSR count). The van der Waals surface area contributed by atoms with E-state index in [1.165, 1.54) is 17.3 Å². The molecule has 0 aliphatic rings. The molecular weight excluding hydrogens is 525 g/mol. The third-order valence-electron chi connectivity index (χ3n) is 4.59. The SMILES string of the molecule is CC(C)c1ccc(OCc2nnc(SCC(=O)Nc3ccc(I)cc3C(C)C)o2)cc1. The number of halogens is 1. The van der Waals surface area contributed by atoms with Gasteiger partial charge in [0.15, 0.2) is 6.61 Å². The molecule has 0 saturated carbocycles. The first-order chi connectivity index (χ1) is 14.8. The van der Waals surface area contributed by atoms with Crippen LogP contribution in [0.4, 0.5) is 5.69 Å². The highest BCUT2D eigenvalue weighted by atomic mass is 127. The zero-order chi connectivity index (χ0) is 22.4. The smallest absolute Gasteiger partial charge is 0.277 e. The van der Waals surface area contributed by atoms with Crippen LogP contribution in [-0.4, -0.2) is 21.9 Å². The Balaban J connectivity index is 1.49. The van der Waals surface area contributed by atoms with Gasteiger partial charge in [-0.3, -0.25) is 4.79 Å². The van der Waals surface area contributed by atoms with Crippen molar-refractivity contribution in [3.63, 3.8) is 0 Å². The molecule has 3 aromatic rings. The number of rotatable bonds is 9.